The molecule has 1 rings (SSSR count). The quantitative estimate of drug-likeness (QED) is 0.855. The zero-order valence-corrected chi connectivity index (χ0v) is 11.2. The average Bonchev–Trinajstić information content (AvgIpc) is 2.43. The largest absolute Gasteiger partial charge is 0.421 e. The number of halogens is 6. The molecule has 0 saturated carbocycles. The molecule has 0 heterocycles. The van der Waals surface area contributed by atoms with Gasteiger partial charge in [-0.05, 0) is 23.8 Å². The van der Waals surface area contributed by atoms with Gasteiger partial charge in [0.15, 0.2) is 5.60 Å². The molecule has 0 amide bonds. The summed E-state index contributed by atoms with van der Waals surface area (Å²) < 4.78 is 76.4. The Morgan fingerprint density at radius 2 is 1.70 bits per heavy atom. The number of hydrogen-bond acceptors (Lipinski definition) is 3. The molecule has 0 bridgehead atoms. The molecule has 9 heteroatoms. The Morgan fingerprint density at radius 1 is 1.09 bits per heavy atom. The first-order valence-corrected chi connectivity index (χ1v) is 5.91. The van der Waals surface area contributed by atoms with E-state index in [-0.39, 0.29) is 11.6 Å². The predicted molar refractivity (Wildman–Crippen MR) is 66.4 cm³/mol. The summed E-state index contributed by atoms with van der Waals surface area (Å²) in [5, 5.41) is 26.4. The van der Waals surface area contributed by atoms with E-state index in [1.807, 2.05) is 0 Å². The van der Waals surface area contributed by atoms with Crippen molar-refractivity contribution in [3.05, 3.63) is 41.0 Å². The third kappa shape index (κ3) is 4.24. The molecule has 0 saturated heterocycles. The van der Waals surface area contributed by atoms with Gasteiger partial charge < -0.3 is 5.11 Å². The number of nitrogens with zero attached hydrogens (tertiary/aromatic N) is 2. The van der Waals surface area contributed by atoms with Crippen LogP contribution in [0.25, 0.3) is 6.08 Å². The Morgan fingerprint density at radius 3 is 2.13 bits per heavy atom. The van der Waals surface area contributed by atoms with Crippen LogP contribution < -0.4 is 0 Å². The summed E-state index contributed by atoms with van der Waals surface area (Å²) in [5.74, 6) is 0. The fourth-order valence-corrected chi connectivity index (χ4v) is 1.61. The van der Waals surface area contributed by atoms with Crippen molar-refractivity contribution in [3.8, 4) is 12.1 Å². The lowest BCUT2D eigenvalue weighted by Gasteiger charge is -2.24. The molecular weight excluding hydrogens is 326 g/mol. The predicted octanol–water partition coefficient (Wildman–Crippen LogP) is 3.80. The Bertz CT molecular complexity index is 693. The highest BCUT2D eigenvalue weighted by Crippen LogP contribution is 2.36. The summed E-state index contributed by atoms with van der Waals surface area (Å²) in [6.07, 6.45) is -10.5. The van der Waals surface area contributed by atoms with E-state index in [0.29, 0.717) is 12.1 Å². The highest BCUT2D eigenvalue weighted by molar-refractivity contribution is 5.55. The zero-order chi connectivity index (χ0) is 17.9. The van der Waals surface area contributed by atoms with E-state index in [1.54, 1.807) is 0 Å². The SMILES string of the molecule is N#CCC(O)(/C=C/c1ccc(C#N)c(C(F)(F)F)c1)C(F)(F)F. The van der Waals surface area contributed by atoms with Gasteiger partial charge in [-0.15, -0.1) is 0 Å². The van der Waals surface area contributed by atoms with Gasteiger partial charge in [0.1, 0.15) is 0 Å². The number of aliphatic hydroxyl groups is 1. The standard InChI is InChI=1S/C14H8F6N2O/c15-13(16,17)11-7-9(1-2-10(11)8-22)3-4-12(23,5-6-21)14(18,19)20/h1-4,7,23H,5H2/b4-3+. The molecule has 3 nitrogen and oxygen atoms in total. The first-order valence-electron chi connectivity index (χ1n) is 5.91. The highest BCUT2D eigenvalue weighted by atomic mass is 19.4. The first-order chi connectivity index (χ1) is 10.4. The molecule has 122 valence electrons. The second-order valence-corrected chi connectivity index (χ2v) is 4.50. The summed E-state index contributed by atoms with van der Waals surface area (Å²) in [4.78, 5) is 0. The van der Waals surface area contributed by atoms with Crippen molar-refractivity contribution in [1.82, 2.24) is 0 Å². The maximum absolute atomic E-state index is 12.8. The van der Waals surface area contributed by atoms with Crippen LogP contribution in [0.1, 0.15) is 23.1 Å². The van der Waals surface area contributed by atoms with Crippen LogP contribution in [-0.2, 0) is 6.18 Å². The fourth-order valence-electron chi connectivity index (χ4n) is 1.61. The Hall–Kier alpha value is -2.52. The summed E-state index contributed by atoms with van der Waals surface area (Å²) in [5.41, 5.74) is -5.78. The van der Waals surface area contributed by atoms with Crippen molar-refractivity contribution < 1.29 is 31.4 Å². The Balaban J connectivity index is 3.29. The van der Waals surface area contributed by atoms with Gasteiger partial charge in [-0.1, -0.05) is 12.1 Å². The third-order valence-corrected chi connectivity index (χ3v) is 2.86. The molecule has 1 N–H and O–H groups in total. The van der Waals surface area contributed by atoms with Crippen LogP contribution in [0.3, 0.4) is 0 Å². The van der Waals surface area contributed by atoms with Gasteiger partial charge in [-0.3, -0.25) is 0 Å². The lowest BCUT2D eigenvalue weighted by atomic mass is 9.97. The molecule has 0 aliphatic rings. The van der Waals surface area contributed by atoms with Crippen molar-refractivity contribution in [2.24, 2.45) is 0 Å². The molecule has 1 aromatic carbocycles. The average molecular weight is 334 g/mol. The van der Waals surface area contributed by atoms with Crippen molar-refractivity contribution in [1.29, 1.82) is 10.5 Å². The van der Waals surface area contributed by atoms with E-state index >= 15 is 0 Å². The van der Waals surface area contributed by atoms with Crippen LogP contribution in [-0.4, -0.2) is 16.9 Å². The van der Waals surface area contributed by atoms with E-state index in [2.05, 4.69) is 0 Å². The molecule has 0 spiro atoms. The molecule has 23 heavy (non-hydrogen) atoms. The number of hydrogen-bond donors (Lipinski definition) is 1. The minimum Gasteiger partial charge on any atom is -0.376 e. The normalized spacial score (nSPS) is 15.0. The van der Waals surface area contributed by atoms with E-state index < -0.39 is 35.5 Å². The molecule has 0 aromatic heterocycles. The molecular formula is C14H8F6N2O. The van der Waals surface area contributed by atoms with Crippen LogP contribution in [0.4, 0.5) is 26.3 Å². The molecule has 0 aliphatic carbocycles. The second kappa shape index (κ2) is 6.31. The molecule has 1 unspecified atom stereocenters. The molecule has 0 radical (unpaired) electrons. The number of benzene rings is 1. The van der Waals surface area contributed by atoms with Gasteiger partial charge in [0, 0.05) is 0 Å². The van der Waals surface area contributed by atoms with Crippen LogP contribution in [0.2, 0.25) is 0 Å². The minimum absolute atomic E-state index is 0.206. The summed E-state index contributed by atoms with van der Waals surface area (Å²) in [6.45, 7) is 0. The van der Waals surface area contributed by atoms with Crippen molar-refractivity contribution in [2.45, 2.75) is 24.4 Å². The van der Waals surface area contributed by atoms with Crippen LogP contribution in [0.15, 0.2) is 24.3 Å². The highest BCUT2D eigenvalue weighted by Gasteiger charge is 2.51. The summed E-state index contributed by atoms with van der Waals surface area (Å²) in [6, 6.07) is 4.77. The summed E-state index contributed by atoms with van der Waals surface area (Å²) in [7, 11) is 0. The summed E-state index contributed by atoms with van der Waals surface area (Å²) >= 11 is 0. The van der Waals surface area contributed by atoms with Gasteiger partial charge >= 0.3 is 12.4 Å². The smallest absolute Gasteiger partial charge is 0.376 e. The van der Waals surface area contributed by atoms with Gasteiger partial charge in [0.25, 0.3) is 0 Å². The Labute approximate surface area is 126 Å². The lowest BCUT2D eigenvalue weighted by molar-refractivity contribution is -0.237. The van der Waals surface area contributed by atoms with Crippen LogP contribution >= 0.6 is 0 Å². The first kappa shape index (κ1) is 18.5. The Kier molecular flexibility index (Phi) is 5.08. The van der Waals surface area contributed by atoms with Crippen LogP contribution in [0.5, 0.6) is 0 Å². The molecule has 1 atom stereocenters. The lowest BCUT2D eigenvalue weighted by Crippen LogP contribution is -2.42. The van der Waals surface area contributed by atoms with E-state index in [0.717, 1.165) is 18.2 Å². The number of rotatable bonds is 3. The van der Waals surface area contributed by atoms with Gasteiger partial charge in [0.05, 0.1) is 29.7 Å². The second-order valence-electron chi connectivity index (χ2n) is 4.50. The number of nitriles is 2. The fraction of sp³-hybridized carbons (Fsp3) is 0.286. The van der Waals surface area contributed by atoms with Crippen molar-refractivity contribution >= 4 is 6.08 Å². The molecule has 0 aliphatic heterocycles. The van der Waals surface area contributed by atoms with Gasteiger partial charge in [0.2, 0.25) is 0 Å². The maximum Gasteiger partial charge on any atom is 0.421 e. The maximum atomic E-state index is 12.8. The van der Waals surface area contributed by atoms with Crippen LogP contribution in [0, 0.1) is 22.7 Å². The molecule has 0 fully saturated rings. The van der Waals surface area contributed by atoms with Gasteiger partial charge in [-0.2, -0.15) is 36.9 Å². The monoisotopic (exact) mass is 334 g/mol. The van der Waals surface area contributed by atoms with Crippen molar-refractivity contribution in [2.75, 3.05) is 0 Å². The topological polar surface area (TPSA) is 67.8 Å². The van der Waals surface area contributed by atoms with Crippen molar-refractivity contribution in [3.63, 3.8) is 0 Å². The zero-order valence-electron chi connectivity index (χ0n) is 11.2. The minimum atomic E-state index is -5.17. The number of alkyl halides is 6. The van der Waals surface area contributed by atoms with E-state index in [1.165, 1.54) is 6.07 Å². The van der Waals surface area contributed by atoms with E-state index in [4.69, 9.17) is 10.5 Å². The van der Waals surface area contributed by atoms with E-state index in [9.17, 15) is 31.4 Å². The molecule has 1 aromatic rings. The third-order valence-electron chi connectivity index (χ3n) is 2.86. The van der Waals surface area contributed by atoms with Gasteiger partial charge in [-0.25, -0.2) is 0 Å².